The Kier molecular flexibility index (Phi) is 2.03. The predicted octanol–water partition coefficient (Wildman–Crippen LogP) is 0.622. The lowest BCUT2D eigenvalue weighted by molar-refractivity contribution is -0.0890. The second kappa shape index (κ2) is 3.04. The molecule has 2 fully saturated rings. The largest absolute Gasteiger partial charge is 0.378 e. The highest BCUT2D eigenvalue weighted by Crippen LogP contribution is 2.28. The number of likely N-dealkylation sites (tertiary alicyclic amines) is 1. The lowest BCUT2D eigenvalue weighted by atomic mass is 9.87. The molecule has 0 radical (unpaired) electrons. The third-order valence-electron chi connectivity index (χ3n) is 2.72. The molecule has 0 saturated carbocycles. The Hall–Kier alpha value is -0.590. The molecule has 2 heterocycles. The SMILES string of the molecule is N#CC1(CN2CCCC2)COC1. The molecule has 0 bridgehead atoms. The molecule has 2 aliphatic heterocycles. The van der Waals surface area contributed by atoms with Gasteiger partial charge in [-0.15, -0.1) is 0 Å². The van der Waals surface area contributed by atoms with Crippen molar-refractivity contribution in [3.05, 3.63) is 0 Å². The highest BCUT2D eigenvalue weighted by atomic mass is 16.5. The minimum absolute atomic E-state index is 0.162. The van der Waals surface area contributed by atoms with Crippen LogP contribution in [0.5, 0.6) is 0 Å². The summed E-state index contributed by atoms with van der Waals surface area (Å²) in [6, 6.07) is 2.38. The summed E-state index contributed by atoms with van der Waals surface area (Å²) in [5, 5.41) is 8.94. The van der Waals surface area contributed by atoms with Crippen LogP contribution in [0.15, 0.2) is 0 Å². The quantitative estimate of drug-likeness (QED) is 0.603. The van der Waals surface area contributed by atoms with Gasteiger partial charge in [-0.2, -0.15) is 5.26 Å². The first-order chi connectivity index (χ1) is 5.85. The van der Waals surface area contributed by atoms with Crippen molar-refractivity contribution in [1.82, 2.24) is 4.90 Å². The van der Waals surface area contributed by atoms with E-state index in [9.17, 15) is 0 Å². The smallest absolute Gasteiger partial charge is 0.116 e. The second-order valence-corrected chi connectivity index (χ2v) is 3.87. The summed E-state index contributed by atoms with van der Waals surface area (Å²) < 4.78 is 5.09. The first kappa shape index (κ1) is 8.03. The van der Waals surface area contributed by atoms with Gasteiger partial charge in [0.15, 0.2) is 0 Å². The summed E-state index contributed by atoms with van der Waals surface area (Å²) in [4.78, 5) is 2.38. The van der Waals surface area contributed by atoms with Gasteiger partial charge in [-0.3, -0.25) is 0 Å². The number of hydrogen-bond donors (Lipinski definition) is 0. The molecule has 12 heavy (non-hydrogen) atoms. The van der Waals surface area contributed by atoms with Crippen molar-refractivity contribution >= 4 is 0 Å². The number of ether oxygens (including phenoxy) is 1. The first-order valence-electron chi connectivity index (χ1n) is 4.56. The Morgan fingerprint density at radius 2 is 2.00 bits per heavy atom. The summed E-state index contributed by atoms with van der Waals surface area (Å²) in [5.41, 5.74) is -0.162. The van der Waals surface area contributed by atoms with Crippen LogP contribution in [0.25, 0.3) is 0 Å². The van der Waals surface area contributed by atoms with E-state index >= 15 is 0 Å². The molecule has 0 aromatic rings. The van der Waals surface area contributed by atoms with E-state index in [-0.39, 0.29) is 5.41 Å². The van der Waals surface area contributed by atoms with E-state index in [2.05, 4.69) is 11.0 Å². The van der Waals surface area contributed by atoms with Gasteiger partial charge in [-0.1, -0.05) is 0 Å². The van der Waals surface area contributed by atoms with E-state index in [4.69, 9.17) is 10.00 Å². The molecule has 0 N–H and O–H groups in total. The van der Waals surface area contributed by atoms with E-state index in [1.807, 2.05) is 0 Å². The van der Waals surface area contributed by atoms with Gasteiger partial charge in [0.05, 0.1) is 19.3 Å². The zero-order valence-electron chi connectivity index (χ0n) is 7.25. The van der Waals surface area contributed by atoms with Gasteiger partial charge in [0.25, 0.3) is 0 Å². The van der Waals surface area contributed by atoms with Crippen molar-refractivity contribution in [2.24, 2.45) is 5.41 Å². The summed E-state index contributed by atoms with van der Waals surface area (Å²) >= 11 is 0. The number of rotatable bonds is 2. The summed E-state index contributed by atoms with van der Waals surface area (Å²) in [7, 11) is 0. The summed E-state index contributed by atoms with van der Waals surface area (Å²) in [6.45, 7) is 4.54. The monoisotopic (exact) mass is 166 g/mol. The number of hydrogen-bond acceptors (Lipinski definition) is 3. The molecule has 0 atom stereocenters. The fourth-order valence-electron chi connectivity index (χ4n) is 1.91. The van der Waals surface area contributed by atoms with E-state index in [1.54, 1.807) is 0 Å². The molecule has 2 saturated heterocycles. The van der Waals surface area contributed by atoms with E-state index in [1.165, 1.54) is 25.9 Å². The lowest BCUT2D eigenvalue weighted by Gasteiger charge is -2.37. The van der Waals surface area contributed by atoms with Crippen molar-refractivity contribution in [2.45, 2.75) is 12.8 Å². The van der Waals surface area contributed by atoms with Crippen molar-refractivity contribution in [3.8, 4) is 6.07 Å². The maximum atomic E-state index is 8.94. The van der Waals surface area contributed by atoms with Gasteiger partial charge in [0, 0.05) is 6.54 Å². The molecule has 66 valence electrons. The molecule has 0 unspecified atom stereocenters. The molecule has 2 rings (SSSR count). The normalized spacial score (nSPS) is 27.9. The van der Waals surface area contributed by atoms with Gasteiger partial charge in [0.2, 0.25) is 0 Å². The second-order valence-electron chi connectivity index (χ2n) is 3.87. The molecule has 0 aromatic carbocycles. The Morgan fingerprint density at radius 1 is 1.33 bits per heavy atom. The fourth-order valence-corrected chi connectivity index (χ4v) is 1.91. The zero-order chi connectivity index (χ0) is 8.44. The van der Waals surface area contributed by atoms with E-state index in [0.717, 1.165) is 6.54 Å². The van der Waals surface area contributed by atoms with Crippen LogP contribution in [-0.4, -0.2) is 37.7 Å². The average Bonchev–Trinajstić information content (AvgIpc) is 2.49. The molecule has 0 aromatic heterocycles. The van der Waals surface area contributed by atoms with Gasteiger partial charge >= 0.3 is 0 Å². The van der Waals surface area contributed by atoms with Crippen LogP contribution in [0.4, 0.5) is 0 Å². The summed E-state index contributed by atoms with van der Waals surface area (Å²) in [6.07, 6.45) is 2.59. The molecule has 3 heteroatoms. The van der Waals surface area contributed by atoms with Crippen molar-refractivity contribution in [1.29, 1.82) is 5.26 Å². The van der Waals surface area contributed by atoms with Crippen molar-refractivity contribution < 1.29 is 4.74 Å². The van der Waals surface area contributed by atoms with E-state index < -0.39 is 0 Å². The molecular weight excluding hydrogens is 152 g/mol. The Balaban J connectivity index is 1.88. The third kappa shape index (κ3) is 1.33. The lowest BCUT2D eigenvalue weighted by Crippen LogP contribution is -2.49. The number of nitrogens with zero attached hydrogens (tertiary/aromatic N) is 2. The minimum atomic E-state index is -0.162. The Labute approximate surface area is 72.9 Å². The van der Waals surface area contributed by atoms with Crippen molar-refractivity contribution in [3.63, 3.8) is 0 Å². The van der Waals surface area contributed by atoms with Crippen LogP contribution in [0, 0.1) is 16.7 Å². The fraction of sp³-hybridized carbons (Fsp3) is 0.889. The molecule has 3 nitrogen and oxygen atoms in total. The van der Waals surface area contributed by atoms with Crippen molar-refractivity contribution in [2.75, 3.05) is 32.8 Å². The Morgan fingerprint density at radius 3 is 2.42 bits per heavy atom. The predicted molar refractivity (Wildman–Crippen MR) is 44.5 cm³/mol. The molecule has 2 aliphatic rings. The van der Waals surface area contributed by atoms with Gasteiger partial charge in [0.1, 0.15) is 5.41 Å². The molecule has 0 spiro atoms. The topological polar surface area (TPSA) is 36.3 Å². The maximum Gasteiger partial charge on any atom is 0.116 e. The van der Waals surface area contributed by atoms with Crippen LogP contribution in [0.3, 0.4) is 0 Å². The minimum Gasteiger partial charge on any atom is -0.378 e. The Bertz CT molecular complexity index is 199. The van der Waals surface area contributed by atoms with Gasteiger partial charge in [-0.25, -0.2) is 0 Å². The highest BCUT2D eigenvalue weighted by molar-refractivity contribution is 5.05. The maximum absolute atomic E-state index is 8.94. The molecular formula is C9H14N2O. The van der Waals surface area contributed by atoms with Crippen LogP contribution < -0.4 is 0 Å². The van der Waals surface area contributed by atoms with Gasteiger partial charge in [-0.05, 0) is 25.9 Å². The van der Waals surface area contributed by atoms with Crippen LogP contribution in [-0.2, 0) is 4.74 Å². The third-order valence-corrected chi connectivity index (χ3v) is 2.72. The van der Waals surface area contributed by atoms with Crippen LogP contribution >= 0.6 is 0 Å². The average molecular weight is 166 g/mol. The zero-order valence-corrected chi connectivity index (χ0v) is 7.25. The molecule has 0 aliphatic carbocycles. The van der Waals surface area contributed by atoms with Crippen LogP contribution in [0.2, 0.25) is 0 Å². The first-order valence-corrected chi connectivity index (χ1v) is 4.56. The van der Waals surface area contributed by atoms with Crippen LogP contribution in [0.1, 0.15) is 12.8 Å². The number of nitriles is 1. The molecule has 0 amide bonds. The van der Waals surface area contributed by atoms with Gasteiger partial charge < -0.3 is 9.64 Å². The summed E-state index contributed by atoms with van der Waals surface area (Å²) in [5.74, 6) is 0. The standard InChI is InChI=1S/C9H14N2O/c10-5-9(7-12-8-9)6-11-3-1-2-4-11/h1-4,6-8H2. The highest BCUT2D eigenvalue weighted by Gasteiger charge is 2.40. The van der Waals surface area contributed by atoms with E-state index in [0.29, 0.717) is 13.2 Å².